The maximum Gasteiger partial charge on any atom is 0.254 e. The van der Waals surface area contributed by atoms with E-state index in [9.17, 15) is 9.59 Å². The number of piperidine rings is 2. The number of nitrogens with one attached hydrogen (secondary N) is 1. The normalized spacial score (nSPS) is 18.9. The topological polar surface area (TPSA) is 59.7 Å². The number of H-pyrrole nitrogens is 1. The van der Waals surface area contributed by atoms with Crippen LogP contribution in [-0.2, 0) is 4.79 Å². The van der Waals surface area contributed by atoms with Crippen LogP contribution in [0.3, 0.4) is 0 Å². The summed E-state index contributed by atoms with van der Waals surface area (Å²) in [6.07, 6.45) is 8.57. The van der Waals surface area contributed by atoms with Crippen LogP contribution in [0, 0.1) is 11.8 Å². The number of fused-ring (bicyclic) bond motifs is 1. The van der Waals surface area contributed by atoms with Crippen LogP contribution in [-0.4, -0.2) is 77.8 Å². The van der Waals surface area contributed by atoms with Crippen molar-refractivity contribution in [3.63, 3.8) is 0 Å². The van der Waals surface area contributed by atoms with Crippen LogP contribution >= 0.6 is 0 Å². The van der Waals surface area contributed by atoms with Gasteiger partial charge in [0.05, 0.1) is 0 Å². The average molecular weight is 439 g/mol. The Morgan fingerprint density at radius 2 is 1.72 bits per heavy atom. The smallest absolute Gasteiger partial charge is 0.254 e. The molecule has 1 aromatic carbocycles. The Morgan fingerprint density at radius 1 is 1.03 bits per heavy atom. The Bertz CT molecular complexity index is 907. The van der Waals surface area contributed by atoms with Crippen molar-refractivity contribution in [2.24, 2.45) is 11.8 Å². The highest BCUT2D eigenvalue weighted by molar-refractivity contribution is 5.99. The van der Waals surface area contributed by atoms with Gasteiger partial charge < -0.3 is 19.7 Å². The molecule has 1 N–H and O–H groups in total. The van der Waals surface area contributed by atoms with Crippen molar-refractivity contribution in [3.8, 4) is 0 Å². The highest BCUT2D eigenvalue weighted by atomic mass is 16.2. The van der Waals surface area contributed by atoms with E-state index in [0.717, 1.165) is 61.5 Å². The SMILES string of the molecule is CCCCN(CC(=O)N1CCC(C2CCN(C)CC2)CC1)C(=O)c1ccc2cc[nH]c2c1. The van der Waals surface area contributed by atoms with Gasteiger partial charge in [-0.2, -0.15) is 0 Å². The highest BCUT2D eigenvalue weighted by Crippen LogP contribution is 2.32. The van der Waals surface area contributed by atoms with Gasteiger partial charge in [0.1, 0.15) is 6.54 Å². The molecule has 174 valence electrons. The molecule has 0 bridgehead atoms. The number of carbonyl (C=O) groups excluding carboxylic acids is 2. The van der Waals surface area contributed by atoms with Crippen LogP contribution in [0.1, 0.15) is 55.8 Å². The Labute approximate surface area is 191 Å². The minimum absolute atomic E-state index is 0.0514. The van der Waals surface area contributed by atoms with E-state index in [-0.39, 0.29) is 18.4 Å². The van der Waals surface area contributed by atoms with E-state index < -0.39 is 0 Å². The lowest BCUT2D eigenvalue weighted by molar-refractivity contribution is -0.133. The summed E-state index contributed by atoms with van der Waals surface area (Å²) in [5.41, 5.74) is 1.60. The molecule has 6 heteroatoms. The lowest BCUT2D eigenvalue weighted by atomic mass is 9.79. The second-order valence-electron chi connectivity index (χ2n) is 9.72. The lowest BCUT2D eigenvalue weighted by Crippen LogP contribution is -2.47. The second-order valence-corrected chi connectivity index (χ2v) is 9.72. The number of nitrogens with zero attached hydrogens (tertiary/aromatic N) is 3. The Morgan fingerprint density at radius 3 is 2.41 bits per heavy atom. The predicted octanol–water partition coefficient (Wildman–Crippen LogP) is 3.99. The molecule has 2 amide bonds. The lowest BCUT2D eigenvalue weighted by Gasteiger charge is -2.39. The van der Waals surface area contributed by atoms with Gasteiger partial charge in [-0.1, -0.05) is 19.4 Å². The average Bonchev–Trinajstić information content (AvgIpc) is 3.30. The molecule has 0 unspecified atom stereocenters. The number of unbranched alkanes of at least 4 members (excludes halogenated alkanes) is 1. The van der Waals surface area contributed by atoms with Gasteiger partial charge in [0.25, 0.3) is 5.91 Å². The summed E-state index contributed by atoms with van der Waals surface area (Å²) < 4.78 is 0. The molecule has 2 aliphatic rings. The molecule has 3 heterocycles. The summed E-state index contributed by atoms with van der Waals surface area (Å²) in [4.78, 5) is 35.7. The molecule has 0 aliphatic carbocycles. The number of rotatable bonds is 7. The molecule has 0 saturated carbocycles. The standard InChI is InChI=1S/C26H38N4O2/c1-3-4-13-30(26(32)23-6-5-22-7-12-27-24(22)18-23)19-25(31)29-16-10-21(11-17-29)20-8-14-28(2)15-9-20/h5-7,12,18,20-21,27H,3-4,8-11,13-17,19H2,1-2H3. The minimum Gasteiger partial charge on any atom is -0.361 e. The van der Waals surface area contributed by atoms with E-state index in [0.29, 0.717) is 12.1 Å². The molecular weight excluding hydrogens is 400 g/mol. The first-order valence-corrected chi connectivity index (χ1v) is 12.4. The van der Waals surface area contributed by atoms with Crippen LogP contribution in [0.2, 0.25) is 0 Å². The van der Waals surface area contributed by atoms with E-state index in [4.69, 9.17) is 0 Å². The number of aromatic nitrogens is 1. The maximum absolute atomic E-state index is 13.3. The number of amides is 2. The van der Waals surface area contributed by atoms with Gasteiger partial charge in [-0.3, -0.25) is 9.59 Å². The molecule has 6 nitrogen and oxygen atoms in total. The summed E-state index contributed by atoms with van der Waals surface area (Å²) in [6, 6.07) is 7.73. The molecule has 0 radical (unpaired) electrons. The number of aromatic amines is 1. The first kappa shape index (κ1) is 22.8. The fraction of sp³-hybridized carbons (Fsp3) is 0.615. The summed E-state index contributed by atoms with van der Waals surface area (Å²) in [7, 11) is 2.21. The van der Waals surface area contributed by atoms with E-state index in [1.807, 2.05) is 35.4 Å². The van der Waals surface area contributed by atoms with Crippen molar-refractivity contribution in [2.75, 3.05) is 46.3 Å². The number of hydrogen-bond donors (Lipinski definition) is 1. The van der Waals surface area contributed by atoms with Gasteiger partial charge in [-0.25, -0.2) is 0 Å². The first-order valence-electron chi connectivity index (χ1n) is 12.4. The third-order valence-electron chi connectivity index (χ3n) is 7.52. The second kappa shape index (κ2) is 10.5. The summed E-state index contributed by atoms with van der Waals surface area (Å²) in [5, 5.41) is 1.09. The fourth-order valence-electron chi connectivity index (χ4n) is 5.35. The molecule has 32 heavy (non-hydrogen) atoms. The van der Waals surface area contributed by atoms with Gasteiger partial charge in [0, 0.05) is 36.9 Å². The van der Waals surface area contributed by atoms with Gasteiger partial charge in [-0.15, -0.1) is 0 Å². The third kappa shape index (κ3) is 5.34. The number of hydrogen-bond acceptors (Lipinski definition) is 3. The molecule has 4 rings (SSSR count). The van der Waals surface area contributed by atoms with Gasteiger partial charge in [0.2, 0.25) is 5.91 Å². The van der Waals surface area contributed by atoms with Gasteiger partial charge >= 0.3 is 0 Å². The first-order chi connectivity index (χ1) is 15.5. The molecule has 0 atom stereocenters. The van der Waals surface area contributed by atoms with Crippen LogP contribution in [0.25, 0.3) is 10.9 Å². The molecule has 0 spiro atoms. The zero-order valence-electron chi connectivity index (χ0n) is 19.7. The van der Waals surface area contributed by atoms with E-state index in [1.165, 1.54) is 25.9 Å². The summed E-state index contributed by atoms with van der Waals surface area (Å²) in [6.45, 7) is 6.99. The zero-order chi connectivity index (χ0) is 22.5. The molecule has 1 aromatic heterocycles. The van der Waals surface area contributed by atoms with E-state index in [1.54, 1.807) is 4.90 Å². The van der Waals surface area contributed by atoms with E-state index >= 15 is 0 Å². The minimum atomic E-state index is -0.0514. The molecule has 2 saturated heterocycles. The highest BCUT2D eigenvalue weighted by Gasteiger charge is 2.31. The summed E-state index contributed by atoms with van der Waals surface area (Å²) >= 11 is 0. The fourth-order valence-corrected chi connectivity index (χ4v) is 5.35. The quantitative estimate of drug-likeness (QED) is 0.711. The van der Waals surface area contributed by atoms with Gasteiger partial charge in [0.15, 0.2) is 0 Å². The molecule has 2 aliphatic heterocycles. The van der Waals surface area contributed by atoms with Crippen molar-refractivity contribution in [2.45, 2.75) is 45.4 Å². The number of likely N-dealkylation sites (tertiary alicyclic amines) is 2. The largest absolute Gasteiger partial charge is 0.361 e. The monoisotopic (exact) mass is 438 g/mol. The number of carbonyl (C=O) groups is 2. The Kier molecular flexibility index (Phi) is 7.51. The van der Waals surface area contributed by atoms with Crippen LogP contribution in [0.15, 0.2) is 30.5 Å². The van der Waals surface area contributed by atoms with Crippen molar-refractivity contribution in [1.29, 1.82) is 0 Å². The predicted molar refractivity (Wildman–Crippen MR) is 129 cm³/mol. The maximum atomic E-state index is 13.3. The Hall–Kier alpha value is -2.34. The van der Waals surface area contributed by atoms with Crippen molar-refractivity contribution < 1.29 is 9.59 Å². The molecular formula is C26H38N4O2. The van der Waals surface area contributed by atoms with Gasteiger partial charge in [-0.05, 0) is 87.7 Å². The van der Waals surface area contributed by atoms with Crippen LogP contribution in [0.5, 0.6) is 0 Å². The Balaban J connectivity index is 1.35. The van der Waals surface area contributed by atoms with Crippen molar-refractivity contribution in [1.82, 2.24) is 19.7 Å². The van der Waals surface area contributed by atoms with Crippen molar-refractivity contribution >= 4 is 22.7 Å². The van der Waals surface area contributed by atoms with E-state index in [2.05, 4.69) is 23.9 Å². The summed E-state index contributed by atoms with van der Waals surface area (Å²) in [5.74, 6) is 1.61. The zero-order valence-corrected chi connectivity index (χ0v) is 19.7. The van der Waals surface area contributed by atoms with Crippen LogP contribution < -0.4 is 0 Å². The molecule has 2 fully saturated rings. The van der Waals surface area contributed by atoms with Crippen molar-refractivity contribution in [3.05, 3.63) is 36.0 Å². The molecule has 2 aromatic rings. The van der Waals surface area contributed by atoms with Crippen LogP contribution in [0.4, 0.5) is 0 Å². The third-order valence-corrected chi connectivity index (χ3v) is 7.52. The number of benzene rings is 1.